The van der Waals surface area contributed by atoms with E-state index in [1.807, 2.05) is 0 Å². The minimum Gasteiger partial charge on any atom is -0.396 e. The van der Waals surface area contributed by atoms with Gasteiger partial charge in [0.1, 0.15) is 0 Å². The first kappa shape index (κ1) is 27.6. The van der Waals surface area contributed by atoms with Crippen molar-refractivity contribution in [2.75, 3.05) is 16.4 Å². The molecule has 5 aromatic carbocycles. The smallest absolute Gasteiger partial charge is 0.252 e. The predicted octanol–water partition coefficient (Wildman–Crippen LogP) is 7.95. The lowest BCUT2D eigenvalue weighted by Gasteiger charge is -2.44. The summed E-state index contributed by atoms with van der Waals surface area (Å²) in [5.74, 6) is 0. The Bertz CT molecular complexity index is 1720. The van der Waals surface area contributed by atoms with E-state index in [0.717, 1.165) is 19.3 Å². The van der Waals surface area contributed by atoms with E-state index in [4.69, 9.17) is 5.11 Å². The van der Waals surface area contributed by atoms with Crippen LogP contribution in [-0.4, -0.2) is 18.4 Å². The van der Waals surface area contributed by atoms with Crippen LogP contribution < -0.4 is 26.2 Å². The molecular weight excluding hydrogens is 523 g/mol. The average molecular weight is 563 g/mol. The van der Waals surface area contributed by atoms with Crippen molar-refractivity contribution < 1.29 is 5.11 Å². The van der Waals surface area contributed by atoms with Crippen LogP contribution in [0.25, 0.3) is 0 Å². The second-order valence-electron chi connectivity index (χ2n) is 12.0. The standard InChI is InChI=1S/C39H39BN2O/c1-29-22-24-33-37(27-29)41(31-16-9-6-10-17-31)35-20-14-21-36-39(35)40(33)34-25-23-30(15-8-4-2-3-5-13-26-43)28-38(34)42(36)32-18-11-7-12-19-32/h6-7,9-12,14,16-25,27-28,43H,2-5,8,13,15,26H2,1H3. The lowest BCUT2D eigenvalue weighted by atomic mass is 9.33. The van der Waals surface area contributed by atoms with Gasteiger partial charge in [-0.3, -0.25) is 0 Å². The third kappa shape index (κ3) is 5.15. The van der Waals surface area contributed by atoms with Crippen LogP contribution in [0.4, 0.5) is 34.1 Å². The summed E-state index contributed by atoms with van der Waals surface area (Å²) < 4.78 is 0. The number of para-hydroxylation sites is 2. The van der Waals surface area contributed by atoms with Crippen LogP contribution in [0.15, 0.2) is 115 Å². The Morgan fingerprint density at radius 2 is 1.09 bits per heavy atom. The quantitative estimate of drug-likeness (QED) is 0.135. The summed E-state index contributed by atoms with van der Waals surface area (Å²) in [7, 11) is 0. The summed E-state index contributed by atoms with van der Waals surface area (Å²) in [6, 6.07) is 42.7. The minimum absolute atomic E-state index is 0.164. The van der Waals surface area contributed by atoms with Gasteiger partial charge in [-0.15, -0.1) is 0 Å². The molecule has 0 spiro atoms. The molecule has 7 rings (SSSR count). The first-order valence-corrected chi connectivity index (χ1v) is 15.9. The molecule has 5 aromatic rings. The number of benzene rings is 5. The largest absolute Gasteiger partial charge is 0.396 e. The summed E-state index contributed by atoms with van der Waals surface area (Å²) >= 11 is 0. The molecule has 4 heteroatoms. The number of aliphatic hydroxyl groups excluding tert-OH is 1. The van der Waals surface area contributed by atoms with Crippen LogP contribution in [0.3, 0.4) is 0 Å². The lowest BCUT2D eigenvalue weighted by molar-refractivity contribution is 0.282. The molecule has 0 fully saturated rings. The highest BCUT2D eigenvalue weighted by Gasteiger charge is 2.43. The highest BCUT2D eigenvalue weighted by molar-refractivity contribution is 7.00. The third-order valence-electron chi connectivity index (χ3n) is 9.12. The van der Waals surface area contributed by atoms with E-state index in [0.29, 0.717) is 6.61 Å². The summed E-state index contributed by atoms with van der Waals surface area (Å²) in [6.45, 7) is 2.67. The van der Waals surface area contributed by atoms with Gasteiger partial charge in [-0.25, -0.2) is 0 Å². The maximum Gasteiger partial charge on any atom is 0.252 e. The molecule has 0 amide bonds. The minimum atomic E-state index is 0.164. The van der Waals surface area contributed by atoms with E-state index in [2.05, 4.69) is 132 Å². The van der Waals surface area contributed by atoms with Crippen molar-refractivity contribution in [3.63, 3.8) is 0 Å². The number of aliphatic hydroxyl groups is 1. The molecule has 214 valence electrons. The van der Waals surface area contributed by atoms with E-state index in [1.54, 1.807) is 0 Å². The summed E-state index contributed by atoms with van der Waals surface area (Å²) in [5.41, 5.74) is 14.2. The van der Waals surface area contributed by atoms with Gasteiger partial charge in [0.25, 0.3) is 6.71 Å². The van der Waals surface area contributed by atoms with Crippen LogP contribution in [0.1, 0.15) is 49.7 Å². The zero-order valence-electron chi connectivity index (χ0n) is 25.0. The SMILES string of the molecule is Cc1ccc2c(c1)N(c1ccccc1)c1cccc3c1B2c1ccc(CCCCCCCCO)cc1N3c1ccccc1. The molecule has 0 bridgehead atoms. The van der Waals surface area contributed by atoms with Gasteiger partial charge < -0.3 is 14.9 Å². The fourth-order valence-electron chi connectivity index (χ4n) is 7.10. The van der Waals surface area contributed by atoms with Crippen LogP contribution in [0, 0.1) is 6.92 Å². The van der Waals surface area contributed by atoms with Gasteiger partial charge >= 0.3 is 0 Å². The summed E-state index contributed by atoms with van der Waals surface area (Å²) in [5, 5.41) is 9.06. The highest BCUT2D eigenvalue weighted by Crippen LogP contribution is 2.43. The number of unbranched alkanes of at least 4 members (excludes halogenated alkanes) is 5. The number of fused-ring (bicyclic) bond motifs is 4. The van der Waals surface area contributed by atoms with E-state index < -0.39 is 0 Å². The van der Waals surface area contributed by atoms with Crippen LogP contribution in [-0.2, 0) is 6.42 Å². The summed E-state index contributed by atoms with van der Waals surface area (Å²) in [4.78, 5) is 4.95. The third-order valence-corrected chi connectivity index (χ3v) is 9.12. The van der Waals surface area contributed by atoms with Crippen molar-refractivity contribution in [3.8, 4) is 0 Å². The van der Waals surface area contributed by atoms with E-state index >= 15 is 0 Å². The van der Waals surface area contributed by atoms with E-state index in [1.165, 1.54) is 87.3 Å². The molecule has 43 heavy (non-hydrogen) atoms. The predicted molar refractivity (Wildman–Crippen MR) is 184 cm³/mol. The Kier molecular flexibility index (Phi) is 7.78. The molecular formula is C39H39BN2O. The molecule has 0 aromatic heterocycles. The van der Waals surface area contributed by atoms with Crippen molar-refractivity contribution in [1.29, 1.82) is 0 Å². The molecule has 3 nitrogen and oxygen atoms in total. The van der Waals surface area contributed by atoms with Gasteiger partial charge in [-0.2, -0.15) is 0 Å². The molecule has 0 saturated heterocycles. The first-order chi connectivity index (χ1) is 21.2. The van der Waals surface area contributed by atoms with Gasteiger partial charge in [0.15, 0.2) is 0 Å². The fraction of sp³-hybridized carbons (Fsp3) is 0.231. The van der Waals surface area contributed by atoms with Crippen molar-refractivity contribution >= 4 is 57.2 Å². The molecule has 2 heterocycles. The Balaban J connectivity index is 1.35. The second-order valence-corrected chi connectivity index (χ2v) is 12.0. The first-order valence-electron chi connectivity index (χ1n) is 15.9. The topological polar surface area (TPSA) is 26.7 Å². The lowest BCUT2D eigenvalue weighted by Crippen LogP contribution is -2.61. The van der Waals surface area contributed by atoms with E-state index in [-0.39, 0.29) is 6.71 Å². The maximum absolute atomic E-state index is 9.06. The Morgan fingerprint density at radius 1 is 0.535 bits per heavy atom. The van der Waals surface area contributed by atoms with Crippen molar-refractivity contribution in [1.82, 2.24) is 0 Å². The monoisotopic (exact) mass is 562 g/mol. The molecule has 0 saturated carbocycles. The van der Waals surface area contributed by atoms with Crippen molar-refractivity contribution in [2.24, 2.45) is 0 Å². The number of nitrogens with zero attached hydrogens (tertiary/aromatic N) is 2. The Hall–Kier alpha value is -4.28. The Labute approximate surface area is 256 Å². The van der Waals surface area contributed by atoms with Gasteiger partial charge in [0.2, 0.25) is 0 Å². The summed E-state index contributed by atoms with van der Waals surface area (Å²) in [6.07, 6.45) is 8.04. The zero-order valence-corrected chi connectivity index (χ0v) is 25.0. The van der Waals surface area contributed by atoms with Crippen LogP contribution >= 0.6 is 0 Å². The molecule has 0 radical (unpaired) electrons. The van der Waals surface area contributed by atoms with Crippen molar-refractivity contribution in [2.45, 2.75) is 51.9 Å². The van der Waals surface area contributed by atoms with Crippen LogP contribution in [0.2, 0.25) is 0 Å². The van der Waals surface area contributed by atoms with Crippen molar-refractivity contribution in [3.05, 3.63) is 126 Å². The number of rotatable bonds is 10. The molecule has 1 N–H and O–H groups in total. The molecule has 2 aliphatic rings. The van der Waals surface area contributed by atoms with Gasteiger partial charge in [0.05, 0.1) is 0 Å². The van der Waals surface area contributed by atoms with Gasteiger partial charge in [-0.1, -0.05) is 92.4 Å². The maximum atomic E-state index is 9.06. The molecule has 0 unspecified atom stereocenters. The van der Waals surface area contributed by atoms with Gasteiger partial charge in [0, 0.05) is 40.7 Å². The fourth-order valence-corrected chi connectivity index (χ4v) is 7.10. The molecule has 2 aliphatic heterocycles. The number of hydrogen-bond donors (Lipinski definition) is 1. The number of aryl methyl sites for hydroxylation is 2. The Morgan fingerprint density at radius 3 is 1.72 bits per heavy atom. The number of anilines is 6. The second kappa shape index (κ2) is 12.1. The average Bonchev–Trinajstić information content (AvgIpc) is 3.05. The normalized spacial score (nSPS) is 13.0. The number of hydrogen-bond acceptors (Lipinski definition) is 3. The molecule has 0 aliphatic carbocycles. The zero-order chi connectivity index (χ0) is 29.2. The van der Waals surface area contributed by atoms with Crippen LogP contribution in [0.5, 0.6) is 0 Å². The highest BCUT2D eigenvalue weighted by atomic mass is 16.2. The van der Waals surface area contributed by atoms with E-state index in [9.17, 15) is 0 Å². The van der Waals surface area contributed by atoms with Gasteiger partial charge in [-0.05, 0) is 102 Å². The molecule has 0 atom stereocenters.